The fraction of sp³-hybridized carbons (Fsp3) is 0.667. The number of amides is 1. The smallest absolute Gasteiger partial charge is 0.254 e. The maximum absolute atomic E-state index is 11.6. The van der Waals surface area contributed by atoms with Crippen LogP contribution in [0.2, 0.25) is 0 Å². The fourth-order valence-electron chi connectivity index (χ4n) is 1.55. The number of sulfonamides is 1. The average molecular weight is 230 g/mol. The van der Waals surface area contributed by atoms with Crippen LogP contribution in [0.5, 0.6) is 0 Å². The van der Waals surface area contributed by atoms with Gasteiger partial charge < -0.3 is 5.73 Å². The molecule has 0 aromatic carbocycles. The number of carbonyl (C=O) groups excluding carboxylic acids is 1. The van der Waals surface area contributed by atoms with Crippen LogP contribution in [-0.4, -0.2) is 25.1 Å². The lowest BCUT2D eigenvalue weighted by molar-refractivity contribution is -0.121. The predicted molar refractivity (Wildman–Crippen MR) is 55.3 cm³/mol. The Bertz CT molecular complexity index is 413. The van der Waals surface area contributed by atoms with Gasteiger partial charge in [0.05, 0.1) is 5.25 Å². The Hall–Kier alpha value is -0.880. The lowest BCUT2D eigenvalue weighted by Crippen LogP contribution is -2.47. The molecule has 0 bridgehead atoms. The van der Waals surface area contributed by atoms with E-state index in [0.29, 0.717) is 19.3 Å². The van der Waals surface area contributed by atoms with Crippen LogP contribution in [0, 0.1) is 5.92 Å². The molecule has 84 valence electrons. The SMILES string of the molecule is C=CC1CC1(N)C(=O)NS(=O)(=O)C1CC1. The predicted octanol–water partition coefficient (Wildman–Crippen LogP) is -0.502. The van der Waals surface area contributed by atoms with Gasteiger partial charge in [0.1, 0.15) is 5.54 Å². The van der Waals surface area contributed by atoms with Crippen molar-refractivity contribution < 1.29 is 13.2 Å². The van der Waals surface area contributed by atoms with Gasteiger partial charge in [-0.2, -0.15) is 0 Å². The Balaban J connectivity index is 2.02. The average Bonchev–Trinajstić information content (AvgIpc) is 2.97. The monoisotopic (exact) mass is 230 g/mol. The zero-order chi connectivity index (χ0) is 11.3. The number of rotatable bonds is 4. The molecule has 0 aliphatic heterocycles. The number of hydrogen-bond donors (Lipinski definition) is 2. The summed E-state index contributed by atoms with van der Waals surface area (Å²) in [7, 11) is -3.47. The summed E-state index contributed by atoms with van der Waals surface area (Å²) < 4.78 is 25.0. The molecule has 0 aromatic heterocycles. The molecule has 2 unspecified atom stereocenters. The molecule has 0 heterocycles. The van der Waals surface area contributed by atoms with Crippen molar-refractivity contribution in [1.82, 2.24) is 4.72 Å². The molecule has 0 spiro atoms. The van der Waals surface area contributed by atoms with Crippen molar-refractivity contribution in [3.8, 4) is 0 Å². The second-order valence-corrected chi connectivity index (χ2v) is 6.22. The fourth-order valence-corrected chi connectivity index (χ4v) is 2.92. The normalized spacial score (nSPS) is 34.6. The zero-order valence-electron chi connectivity index (χ0n) is 8.27. The molecule has 2 aliphatic rings. The second kappa shape index (κ2) is 3.05. The van der Waals surface area contributed by atoms with Crippen molar-refractivity contribution in [2.45, 2.75) is 30.1 Å². The first kappa shape index (κ1) is 10.6. The van der Waals surface area contributed by atoms with Gasteiger partial charge in [-0.1, -0.05) is 6.08 Å². The lowest BCUT2D eigenvalue weighted by Gasteiger charge is -2.11. The summed E-state index contributed by atoms with van der Waals surface area (Å²) in [4.78, 5) is 11.6. The van der Waals surface area contributed by atoms with Gasteiger partial charge in [-0.3, -0.25) is 9.52 Å². The van der Waals surface area contributed by atoms with Crippen LogP contribution in [-0.2, 0) is 14.8 Å². The number of nitrogens with one attached hydrogen (secondary N) is 1. The Morgan fingerprint density at radius 2 is 2.13 bits per heavy atom. The number of carbonyl (C=O) groups is 1. The first-order valence-electron chi connectivity index (χ1n) is 4.87. The molecule has 1 amide bonds. The summed E-state index contributed by atoms with van der Waals surface area (Å²) in [5.74, 6) is -0.703. The molecule has 0 saturated heterocycles. The Labute approximate surface area is 88.8 Å². The summed E-state index contributed by atoms with van der Waals surface area (Å²) in [5.41, 5.74) is 4.67. The molecule has 0 aromatic rings. The van der Waals surface area contributed by atoms with Crippen LogP contribution in [0.25, 0.3) is 0 Å². The van der Waals surface area contributed by atoms with E-state index in [0.717, 1.165) is 0 Å². The Morgan fingerprint density at radius 3 is 2.53 bits per heavy atom. The van der Waals surface area contributed by atoms with Crippen LogP contribution in [0.4, 0.5) is 0 Å². The molecule has 0 radical (unpaired) electrons. The van der Waals surface area contributed by atoms with Crippen LogP contribution >= 0.6 is 0 Å². The van der Waals surface area contributed by atoms with Crippen molar-refractivity contribution in [1.29, 1.82) is 0 Å². The third-order valence-corrected chi connectivity index (χ3v) is 4.78. The molecular weight excluding hydrogens is 216 g/mol. The molecule has 3 N–H and O–H groups in total. The largest absolute Gasteiger partial charge is 0.317 e. The van der Waals surface area contributed by atoms with Gasteiger partial charge in [0.15, 0.2) is 0 Å². The van der Waals surface area contributed by atoms with E-state index in [9.17, 15) is 13.2 Å². The quantitative estimate of drug-likeness (QED) is 0.637. The molecule has 2 aliphatic carbocycles. The van der Waals surface area contributed by atoms with Gasteiger partial charge in [0.25, 0.3) is 5.91 Å². The van der Waals surface area contributed by atoms with E-state index in [1.807, 2.05) is 4.72 Å². The zero-order valence-corrected chi connectivity index (χ0v) is 9.09. The van der Waals surface area contributed by atoms with E-state index in [-0.39, 0.29) is 5.92 Å². The van der Waals surface area contributed by atoms with Crippen LogP contribution < -0.4 is 10.5 Å². The minimum Gasteiger partial charge on any atom is -0.317 e. The summed E-state index contributed by atoms with van der Waals surface area (Å²) in [6.45, 7) is 3.54. The van der Waals surface area contributed by atoms with Crippen molar-refractivity contribution in [2.75, 3.05) is 0 Å². The van der Waals surface area contributed by atoms with E-state index in [2.05, 4.69) is 6.58 Å². The van der Waals surface area contributed by atoms with E-state index in [1.165, 1.54) is 0 Å². The summed E-state index contributed by atoms with van der Waals surface area (Å²) in [5, 5.41) is -0.397. The minimum atomic E-state index is -3.47. The van der Waals surface area contributed by atoms with Crippen molar-refractivity contribution in [2.24, 2.45) is 11.7 Å². The van der Waals surface area contributed by atoms with E-state index >= 15 is 0 Å². The highest BCUT2D eigenvalue weighted by molar-refractivity contribution is 7.90. The third kappa shape index (κ3) is 1.79. The second-order valence-electron chi connectivity index (χ2n) is 4.26. The molecule has 2 fully saturated rings. The molecule has 2 rings (SSSR count). The maximum Gasteiger partial charge on any atom is 0.254 e. The van der Waals surface area contributed by atoms with Gasteiger partial charge in [0.2, 0.25) is 10.0 Å². The molecule has 2 saturated carbocycles. The standard InChI is InChI=1S/C9H14N2O3S/c1-2-6-5-9(6,10)8(12)11-15(13,14)7-3-4-7/h2,6-7H,1,3-5,10H2,(H,11,12). The van der Waals surface area contributed by atoms with Gasteiger partial charge in [0, 0.05) is 5.92 Å². The van der Waals surface area contributed by atoms with Crippen LogP contribution in [0.15, 0.2) is 12.7 Å². The third-order valence-electron chi connectivity index (χ3n) is 2.96. The van der Waals surface area contributed by atoms with E-state index < -0.39 is 26.7 Å². The van der Waals surface area contributed by atoms with Gasteiger partial charge in [-0.05, 0) is 19.3 Å². The highest BCUT2D eigenvalue weighted by atomic mass is 32.2. The van der Waals surface area contributed by atoms with E-state index in [1.54, 1.807) is 6.08 Å². The van der Waals surface area contributed by atoms with Crippen molar-refractivity contribution in [3.63, 3.8) is 0 Å². The van der Waals surface area contributed by atoms with Crippen molar-refractivity contribution in [3.05, 3.63) is 12.7 Å². The van der Waals surface area contributed by atoms with Crippen LogP contribution in [0.3, 0.4) is 0 Å². The maximum atomic E-state index is 11.6. The molecule has 15 heavy (non-hydrogen) atoms. The van der Waals surface area contributed by atoms with E-state index in [4.69, 9.17) is 5.73 Å². The Kier molecular flexibility index (Phi) is 2.16. The summed E-state index contributed by atoms with van der Waals surface area (Å²) in [6.07, 6.45) is 3.32. The first-order valence-corrected chi connectivity index (χ1v) is 6.42. The summed E-state index contributed by atoms with van der Waals surface area (Å²) in [6, 6.07) is 0. The molecule has 2 atom stereocenters. The summed E-state index contributed by atoms with van der Waals surface area (Å²) >= 11 is 0. The van der Waals surface area contributed by atoms with Gasteiger partial charge in [-0.25, -0.2) is 8.42 Å². The topological polar surface area (TPSA) is 89.3 Å². The van der Waals surface area contributed by atoms with Gasteiger partial charge in [-0.15, -0.1) is 6.58 Å². The molecule has 5 nitrogen and oxygen atoms in total. The highest BCUT2D eigenvalue weighted by Gasteiger charge is 2.56. The Morgan fingerprint density at radius 1 is 1.53 bits per heavy atom. The number of hydrogen-bond acceptors (Lipinski definition) is 4. The van der Waals surface area contributed by atoms with Crippen LogP contribution in [0.1, 0.15) is 19.3 Å². The number of nitrogens with two attached hydrogens (primary N) is 1. The molecule has 6 heteroatoms. The highest BCUT2D eigenvalue weighted by Crippen LogP contribution is 2.42. The van der Waals surface area contributed by atoms with Crippen molar-refractivity contribution >= 4 is 15.9 Å². The first-order chi connectivity index (χ1) is 6.90. The molecular formula is C9H14N2O3S. The minimum absolute atomic E-state index is 0.105. The lowest BCUT2D eigenvalue weighted by atomic mass is 10.2. The van der Waals surface area contributed by atoms with Gasteiger partial charge >= 0.3 is 0 Å².